The lowest BCUT2D eigenvalue weighted by Gasteiger charge is -2.37. The molecule has 0 bridgehead atoms. The van der Waals surface area contributed by atoms with Crippen molar-refractivity contribution in [1.82, 2.24) is 10.1 Å². The van der Waals surface area contributed by atoms with E-state index < -0.39 is 5.60 Å². The monoisotopic (exact) mass is 463 g/mol. The molecule has 2 aliphatic heterocycles. The van der Waals surface area contributed by atoms with Gasteiger partial charge in [-0.2, -0.15) is 0 Å². The van der Waals surface area contributed by atoms with E-state index in [-0.39, 0.29) is 18.0 Å². The van der Waals surface area contributed by atoms with Crippen molar-refractivity contribution in [2.45, 2.75) is 78.2 Å². The predicted molar refractivity (Wildman–Crippen MR) is 126 cm³/mol. The Labute approximate surface area is 197 Å². The molecule has 2 saturated heterocycles. The van der Waals surface area contributed by atoms with Crippen LogP contribution in [0.25, 0.3) is 0 Å². The number of carbonyl (C=O) groups excluding carboxylic acids is 2. The summed E-state index contributed by atoms with van der Waals surface area (Å²) < 4.78 is 15.8. The standard InChI is InChI=1S/C25H41N3O5/c1-18(15-23(29)31-5)14-21-17-22(26-33-21)27-10-6-19(7-11-27)16-20-8-12-28(13-9-20)24(30)32-25(2,3)4/h17-20H,6-16H2,1-5H3/t18-/m1/s1. The second kappa shape index (κ2) is 11.3. The van der Waals surface area contributed by atoms with Gasteiger partial charge in [-0.3, -0.25) is 4.79 Å². The molecule has 0 N–H and O–H groups in total. The Morgan fingerprint density at radius 1 is 1.12 bits per heavy atom. The van der Waals surface area contributed by atoms with Crippen LogP contribution in [0.4, 0.5) is 10.6 Å². The molecule has 0 aliphatic carbocycles. The van der Waals surface area contributed by atoms with E-state index in [0.29, 0.717) is 18.8 Å². The van der Waals surface area contributed by atoms with E-state index in [9.17, 15) is 9.59 Å². The number of likely N-dealkylation sites (tertiary alicyclic amines) is 1. The zero-order valence-electron chi connectivity index (χ0n) is 21.0. The van der Waals surface area contributed by atoms with Crippen molar-refractivity contribution in [3.8, 4) is 0 Å². The van der Waals surface area contributed by atoms with E-state index in [1.807, 2.05) is 38.7 Å². The topological polar surface area (TPSA) is 85.1 Å². The summed E-state index contributed by atoms with van der Waals surface area (Å²) in [5.74, 6) is 3.10. The molecule has 186 valence electrons. The highest BCUT2D eigenvalue weighted by Gasteiger charge is 2.29. The molecule has 0 saturated carbocycles. The molecule has 1 amide bonds. The number of aromatic nitrogens is 1. The molecule has 33 heavy (non-hydrogen) atoms. The highest BCUT2D eigenvalue weighted by molar-refractivity contribution is 5.69. The molecule has 3 heterocycles. The molecule has 8 heteroatoms. The number of anilines is 1. The zero-order valence-corrected chi connectivity index (χ0v) is 21.0. The van der Waals surface area contributed by atoms with Gasteiger partial charge in [0.25, 0.3) is 0 Å². The summed E-state index contributed by atoms with van der Waals surface area (Å²) in [5, 5.41) is 4.27. The first-order valence-corrected chi connectivity index (χ1v) is 12.4. The van der Waals surface area contributed by atoms with E-state index in [0.717, 1.165) is 69.4 Å². The van der Waals surface area contributed by atoms with Gasteiger partial charge in [-0.25, -0.2) is 4.79 Å². The molecule has 2 fully saturated rings. The van der Waals surface area contributed by atoms with Gasteiger partial charge >= 0.3 is 12.1 Å². The van der Waals surface area contributed by atoms with E-state index in [1.54, 1.807) is 0 Å². The summed E-state index contributed by atoms with van der Waals surface area (Å²) in [5.41, 5.74) is -0.437. The molecule has 2 aliphatic rings. The molecular formula is C25H41N3O5. The number of rotatable bonds is 7. The average Bonchev–Trinajstić information content (AvgIpc) is 3.21. The molecule has 1 aromatic heterocycles. The van der Waals surface area contributed by atoms with Crippen LogP contribution < -0.4 is 4.90 Å². The third kappa shape index (κ3) is 7.93. The molecule has 1 atom stereocenters. The molecule has 8 nitrogen and oxygen atoms in total. The van der Waals surface area contributed by atoms with Crippen LogP contribution in [-0.2, 0) is 20.7 Å². The maximum atomic E-state index is 12.3. The van der Waals surface area contributed by atoms with Gasteiger partial charge in [-0.15, -0.1) is 0 Å². The van der Waals surface area contributed by atoms with Gasteiger partial charge in [0.2, 0.25) is 0 Å². The number of piperidine rings is 2. The van der Waals surface area contributed by atoms with Crippen molar-refractivity contribution < 1.29 is 23.6 Å². The fraction of sp³-hybridized carbons (Fsp3) is 0.800. The lowest BCUT2D eigenvalue weighted by Crippen LogP contribution is -2.42. The maximum Gasteiger partial charge on any atom is 0.410 e. The van der Waals surface area contributed by atoms with Crippen molar-refractivity contribution in [3.05, 3.63) is 11.8 Å². The van der Waals surface area contributed by atoms with Crippen LogP contribution in [0.15, 0.2) is 10.6 Å². The Morgan fingerprint density at radius 2 is 1.73 bits per heavy atom. The fourth-order valence-corrected chi connectivity index (χ4v) is 4.88. The second-order valence-electron chi connectivity index (χ2n) is 10.8. The summed E-state index contributed by atoms with van der Waals surface area (Å²) in [6.07, 6.45) is 6.58. The number of amides is 1. The smallest absolute Gasteiger partial charge is 0.410 e. The Hall–Kier alpha value is -2.25. The Balaban J connectivity index is 1.37. The van der Waals surface area contributed by atoms with E-state index in [4.69, 9.17) is 14.0 Å². The highest BCUT2D eigenvalue weighted by Crippen LogP contribution is 2.32. The number of hydrogen-bond donors (Lipinski definition) is 0. The van der Waals surface area contributed by atoms with Crippen LogP contribution in [-0.4, -0.2) is 61.0 Å². The van der Waals surface area contributed by atoms with Crippen LogP contribution in [0.2, 0.25) is 0 Å². The third-order valence-electron chi connectivity index (χ3n) is 6.71. The lowest BCUT2D eigenvalue weighted by atomic mass is 9.83. The number of methoxy groups -OCH3 is 1. The normalized spacial score (nSPS) is 19.4. The quantitative estimate of drug-likeness (QED) is 0.543. The minimum Gasteiger partial charge on any atom is -0.469 e. The molecule has 1 aromatic rings. The van der Waals surface area contributed by atoms with E-state index >= 15 is 0 Å². The molecule has 0 radical (unpaired) electrons. The van der Waals surface area contributed by atoms with Gasteiger partial charge in [-0.1, -0.05) is 12.1 Å². The number of carbonyl (C=O) groups is 2. The predicted octanol–water partition coefficient (Wildman–Crippen LogP) is 4.67. The number of ether oxygens (including phenoxy) is 2. The molecule has 0 aromatic carbocycles. The lowest BCUT2D eigenvalue weighted by molar-refractivity contribution is -0.141. The zero-order chi connectivity index (χ0) is 24.0. The van der Waals surface area contributed by atoms with Crippen LogP contribution in [0.1, 0.15) is 72.0 Å². The maximum absolute atomic E-state index is 12.3. The van der Waals surface area contributed by atoms with E-state index in [2.05, 4.69) is 10.1 Å². The van der Waals surface area contributed by atoms with Crippen molar-refractivity contribution in [1.29, 1.82) is 0 Å². The fourth-order valence-electron chi connectivity index (χ4n) is 4.88. The Kier molecular flexibility index (Phi) is 8.65. The number of nitrogens with zero attached hydrogens (tertiary/aromatic N) is 3. The van der Waals surface area contributed by atoms with Gasteiger partial charge in [0.05, 0.1) is 7.11 Å². The first-order chi connectivity index (χ1) is 15.6. The Morgan fingerprint density at radius 3 is 2.30 bits per heavy atom. The largest absolute Gasteiger partial charge is 0.469 e. The summed E-state index contributed by atoms with van der Waals surface area (Å²) in [4.78, 5) is 27.9. The summed E-state index contributed by atoms with van der Waals surface area (Å²) in [6, 6.07) is 2.01. The van der Waals surface area contributed by atoms with Gasteiger partial charge in [-0.05, 0) is 70.6 Å². The molecule has 3 rings (SSSR count). The minimum atomic E-state index is -0.437. The minimum absolute atomic E-state index is 0.158. The van der Waals surface area contributed by atoms with Crippen LogP contribution in [0.3, 0.4) is 0 Å². The van der Waals surface area contributed by atoms with Crippen molar-refractivity contribution in [2.24, 2.45) is 17.8 Å². The number of esters is 1. The van der Waals surface area contributed by atoms with Crippen molar-refractivity contribution in [2.75, 3.05) is 38.2 Å². The van der Waals surface area contributed by atoms with Crippen molar-refractivity contribution in [3.63, 3.8) is 0 Å². The van der Waals surface area contributed by atoms with E-state index in [1.165, 1.54) is 13.5 Å². The van der Waals surface area contributed by atoms with Crippen LogP contribution in [0, 0.1) is 17.8 Å². The highest BCUT2D eigenvalue weighted by atomic mass is 16.6. The third-order valence-corrected chi connectivity index (χ3v) is 6.71. The summed E-state index contributed by atoms with van der Waals surface area (Å²) >= 11 is 0. The first-order valence-electron chi connectivity index (χ1n) is 12.4. The molecular weight excluding hydrogens is 422 g/mol. The summed E-state index contributed by atoms with van der Waals surface area (Å²) in [6.45, 7) is 11.3. The molecule has 0 unspecified atom stereocenters. The number of hydrogen-bond acceptors (Lipinski definition) is 7. The van der Waals surface area contributed by atoms with Crippen LogP contribution in [0.5, 0.6) is 0 Å². The van der Waals surface area contributed by atoms with Gasteiger partial charge in [0.1, 0.15) is 11.4 Å². The first kappa shape index (κ1) is 25.4. The summed E-state index contributed by atoms with van der Waals surface area (Å²) in [7, 11) is 1.41. The SMILES string of the molecule is COC(=O)C[C@H](C)Cc1cc(N2CCC(CC3CCN(C(=O)OC(C)(C)C)CC3)CC2)no1. The van der Waals surface area contributed by atoms with Crippen molar-refractivity contribution >= 4 is 17.9 Å². The Bertz CT molecular complexity index is 771. The van der Waals surface area contributed by atoms with Gasteiger partial charge in [0.15, 0.2) is 5.82 Å². The average molecular weight is 464 g/mol. The van der Waals surface area contributed by atoms with Gasteiger partial charge < -0.3 is 23.8 Å². The molecule has 0 spiro atoms. The second-order valence-corrected chi connectivity index (χ2v) is 10.8. The van der Waals surface area contributed by atoms with Crippen LogP contribution >= 0.6 is 0 Å². The van der Waals surface area contributed by atoms with Gasteiger partial charge in [0, 0.05) is 45.1 Å².